The largest absolute Gasteiger partial charge is 0.741 e. The molecule has 1 aromatic carbocycles. The first-order valence-corrected chi connectivity index (χ1v) is 16.2. The maximum Gasteiger partial charge on any atom is 0.118 e. The van der Waals surface area contributed by atoms with Crippen molar-refractivity contribution in [3.8, 4) is 0 Å². The summed E-state index contributed by atoms with van der Waals surface area (Å²) in [5, 5.41) is 9.23. The molecule has 0 amide bonds. The number of halogens is 3. The van der Waals surface area contributed by atoms with Gasteiger partial charge in [0, 0.05) is 30.0 Å². The van der Waals surface area contributed by atoms with Gasteiger partial charge in [0.05, 0.1) is 5.69 Å². The maximum atomic E-state index is 5.36. The van der Waals surface area contributed by atoms with Crippen LogP contribution in [0.5, 0.6) is 0 Å². The number of rotatable bonds is 3. The SMILES string of the molecule is [Cl][Au-][Cl].[Cl][Au].[S-]/C(=N\N=C(/c1ccccc1)c1ccccn1)N1CCCC1. The van der Waals surface area contributed by atoms with Crippen LogP contribution >= 0.6 is 27.6 Å². The van der Waals surface area contributed by atoms with E-state index in [4.69, 9.17) is 31.0 Å². The Morgan fingerprint density at radius 2 is 1.59 bits per heavy atom. The smallest absolute Gasteiger partial charge is 0.118 e. The fourth-order valence-electron chi connectivity index (χ4n) is 2.42. The minimum Gasteiger partial charge on any atom is -0.741 e. The van der Waals surface area contributed by atoms with Gasteiger partial charge in [0.25, 0.3) is 0 Å². The molecule has 4 nitrogen and oxygen atoms in total. The first kappa shape index (κ1) is 25.1. The molecule has 27 heavy (non-hydrogen) atoms. The van der Waals surface area contributed by atoms with Gasteiger partial charge in [-0.3, -0.25) is 4.98 Å². The zero-order valence-corrected chi connectivity index (χ0v) is 21.4. The second kappa shape index (κ2) is 15.9. The Kier molecular flexibility index (Phi) is 14.8. The van der Waals surface area contributed by atoms with E-state index >= 15 is 0 Å². The van der Waals surface area contributed by atoms with Crippen LogP contribution in [0, 0.1) is 0 Å². The van der Waals surface area contributed by atoms with Crippen molar-refractivity contribution >= 4 is 51.1 Å². The number of hydrogen-bond acceptors (Lipinski definition) is 4. The van der Waals surface area contributed by atoms with E-state index in [1.54, 1.807) is 26.2 Å². The summed E-state index contributed by atoms with van der Waals surface area (Å²) in [6.07, 6.45) is 4.10. The van der Waals surface area contributed by atoms with Crippen LogP contribution in [0.15, 0.2) is 64.9 Å². The molecule has 0 N–H and O–H groups in total. The molecule has 1 aliphatic rings. The van der Waals surface area contributed by atoms with E-state index in [9.17, 15) is 0 Å². The summed E-state index contributed by atoms with van der Waals surface area (Å²) in [6, 6.07) is 15.7. The first-order valence-electron chi connectivity index (χ1n) is 7.73. The van der Waals surface area contributed by atoms with Crippen molar-refractivity contribution < 1.29 is 37.6 Å². The molecule has 0 aliphatic carbocycles. The molecule has 3 rings (SSSR count). The van der Waals surface area contributed by atoms with Gasteiger partial charge in [-0.1, -0.05) is 36.4 Å². The van der Waals surface area contributed by atoms with Crippen molar-refractivity contribution in [2.45, 2.75) is 12.8 Å². The molecule has 2 aromatic rings. The van der Waals surface area contributed by atoms with Crippen LogP contribution < -0.4 is 0 Å². The maximum absolute atomic E-state index is 5.36. The molecular formula is C17H17Au2Cl3N4S-2. The fraction of sp³-hybridized carbons (Fsp3) is 0.235. The number of nitrogens with zero attached hydrogens (tertiary/aromatic N) is 4. The van der Waals surface area contributed by atoms with E-state index in [-0.39, 0.29) is 17.6 Å². The standard InChI is InChI=1S/C17H18N4S.2Au.3ClH/c22-17(21-12-6-7-13-21)20-19-16(14-8-2-1-3-9-14)15-10-4-5-11-18-15;;;;;/h1-5,8-11H,6-7,12-13H2,(H,20,22);;;3*1H/q;2*+1;;;/p-4/b19-16+;;;;;. The number of pyridine rings is 1. The third kappa shape index (κ3) is 9.41. The van der Waals surface area contributed by atoms with Gasteiger partial charge in [0.2, 0.25) is 0 Å². The molecule has 0 spiro atoms. The molecule has 0 bridgehead atoms. The normalized spacial score (nSPS) is 14.2. The first-order chi connectivity index (χ1) is 13.3. The Balaban J connectivity index is 0.000000665. The van der Waals surface area contributed by atoms with Crippen molar-refractivity contribution in [2.75, 3.05) is 13.1 Å². The molecule has 2 heterocycles. The van der Waals surface area contributed by atoms with E-state index in [0.29, 0.717) is 5.17 Å². The third-order valence-corrected chi connectivity index (χ3v) is 3.91. The van der Waals surface area contributed by atoms with Gasteiger partial charge in [-0.15, -0.1) is 5.10 Å². The third-order valence-electron chi connectivity index (χ3n) is 3.57. The average molecular weight is 810 g/mol. The predicted octanol–water partition coefficient (Wildman–Crippen LogP) is 4.90. The number of aromatic nitrogens is 1. The van der Waals surface area contributed by atoms with Crippen molar-refractivity contribution in [2.24, 2.45) is 10.2 Å². The van der Waals surface area contributed by atoms with Gasteiger partial charge in [-0.05, 0) is 25.0 Å². The molecular weight excluding hydrogens is 793 g/mol. The summed E-state index contributed by atoms with van der Waals surface area (Å²) in [5.41, 5.74) is 2.51. The van der Waals surface area contributed by atoms with Crippen LogP contribution in [0.1, 0.15) is 24.1 Å². The van der Waals surface area contributed by atoms with Crippen LogP contribution in [-0.4, -0.2) is 33.9 Å². The minimum atomic E-state index is -0.389. The number of benzene rings is 1. The van der Waals surface area contributed by atoms with Crippen molar-refractivity contribution in [1.82, 2.24) is 9.88 Å². The van der Waals surface area contributed by atoms with Gasteiger partial charge in [0.1, 0.15) is 5.71 Å². The molecule has 1 aliphatic heterocycles. The summed E-state index contributed by atoms with van der Waals surface area (Å²) < 4.78 is 0. The van der Waals surface area contributed by atoms with E-state index < -0.39 is 0 Å². The minimum absolute atomic E-state index is 0.389. The van der Waals surface area contributed by atoms with E-state index in [2.05, 4.69) is 29.3 Å². The summed E-state index contributed by atoms with van der Waals surface area (Å²) >= 11 is 6.72. The van der Waals surface area contributed by atoms with Crippen LogP contribution in [0.3, 0.4) is 0 Å². The van der Waals surface area contributed by atoms with Crippen LogP contribution in [0.2, 0.25) is 0 Å². The monoisotopic (exact) mass is 808 g/mol. The van der Waals surface area contributed by atoms with Gasteiger partial charge in [-0.25, -0.2) is 0 Å². The van der Waals surface area contributed by atoms with E-state index in [1.165, 1.54) is 12.8 Å². The Labute approximate surface area is 198 Å². The molecule has 0 saturated carbocycles. The quantitative estimate of drug-likeness (QED) is 0.146. The van der Waals surface area contributed by atoms with E-state index in [1.807, 2.05) is 48.5 Å². The van der Waals surface area contributed by atoms with Crippen LogP contribution in [0.25, 0.3) is 0 Å². The predicted molar refractivity (Wildman–Crippen MR) is 109 cm³/mol. The Hall–Kier alpha value is 0.0805. The molecule has 1 fully saturated rings. The zero-order valence-electron chi connectivity index (χ0n) is 14.0. The summed E-state index contributed by atoms with van der Waals surface area (Å²) in [6.45, 7) is 1.95. The Morgan fingerprint density at radius 3 is 2.15 bits per heavy atom. The Bertz CT molecular complexity index is 658. The van der Waals surface area contributed by atoms with Crippen molar-refractivity contribution in [1.29, 1.82) is 0 Å². The van der Waals surface area contributed by atoms with Crippen LogP contribution in [-0.2, 0) is 50.2 Å². The molecule has 0 radical (unpaired) electrons. The second-order valence-electron chi connectivity index (χ2n) is 5.15. The van der Waals surface area contributed by atoms with E-state index in [0.717, 1.165) is 30.1 Å². The van der Waals surface area contributed by atoms with Crippen molar-refractivity contribution in [3.63, 3.8) is 0 Å². The number of hydrogen-bond donors (Lipinski definition) is 0. The van der Waals surface area contributed by atoms with Gasteiger partial charge in [-0.2, -0.15) is 5.10 Å². The zero-order chi connectivity index (χ0) is 19.9. The summed E-state index contributed by atoms with van der Waals surface area (Å²) in [4.78, 5) is 6.48. The average Bonchev–Trinajstić information content (AvgIpc) is 3.27. The van der Waals surface area contributed by atoms with Gasteiger partial charge in [0.15, 0.2) is 0 Å². The van der Waals surface area contributed by atoms with Crippen LogP contribution in [0.4, 0.5) is 0 Å². The molecule has 1 aromatic heterocycles. The Morgan fingerprint density at radius 1 is 1.00 bits per heavy atom. The van der Waals surface area contributed by atoms with Gasteiger partial charge < -0.3 is 17.5 Å². The molecule has 0 unspecified atom stereocenters. The topological polar surface area (TPSA) is 40.9 Å². The fourth-order valence-corrected chi connectivity index (χ4v) is 2.64. The molecule has 10 heteroatoms. The molecule has 1 saturated heterocycles. The number of amidine groups is 1. The second-order valence-corrected chi connectivity index (χ2v) is 8.64. The summed E-state index contributed by atoms with van der Waals surface area (Å²) in [7, 11) is 14.3. The molecule has 0 atom stereocenters. The van der Waals surface area contributed by atoms with Gasteiger partial charge >= 0.3 is 65.1 Å². The number of likely N-dealkylation sites (tertiary alicyclic amines) is 1. The summed E-state index contributed by atoms with van der Waals surface area (Å²) in [5.74, 6) is 0. The molecule has 156 valence electrons. The van der Waals surface area contributed by atoms with Crippen molar-refractivity contribution in [3.05, 3.63) is 66.0 Å².